The highest BCUT2D eigenvalue weighted by Crippen LogP contribution is 2.30. The Morgan fingerprint density at radius 3 is 2.50 bits per heavy atom. The number of nitriles is 1. The second-order valence-electron chi connectivity index (χ2n) is 2.65. The molecule has 86 valence electrons. The van der Waals surface area contributed by atoms with Crippen LogP contribution in [0.4, 0.5) is 8.78 Å². The van der Waals surface area contributed by atoms with Gasteiger partial charge in [0.05, 0.1) is 10.6 Å². The fourth-order valence-corrected chi connectivity index (χ4v) is 1.92. The summed E-state index contributed by atoms with van der Waals surface area (Å²) >= 11 is 5.43. The van der Waals surface area contributed by atoms with Crippen molar-refractivity contribution >= 4 is 21.6 Å². The molecule has 0 bridgehead atoms. The van der Waals surface area contributed by atoms with Crippen molar-refractivity contribution in [2.75, 3.05) is 0 Å². The molecule has 2 N–H and O–H groups in total. The molecule has 0 atom stereocenters. The summed E-state index contributed by atoms with van der Waals surface area (Å²) in [5, 5.41) is 12.7. The van der Waals surface area contributed by atoms with E-state index in [0.29, 0.717) is 6.20 Å². The molecule has 0 aliphatic rings. The molecule has 9 heteroatoms. The first kappa shape index (κ1) is 12.8. The molecule has 0 amide bonds. The van der Waals surface area contributed by atoms with Crippen LogP contribution >= 0.6 is 11.6 Å². The van der Waals surface area contributed by atoms with Crippen molar-refractivity contribution in [1.29, 1.82) is 5.26 Å². The van der Waals surface area contributed by atoms with Crippen LogP contribution < -0.4 is 5.14 Å². The van der Waals surface area contributed by atoms with E-state index in [4.69, 9.17) is 22.0 Å². The molecule has 0 radical (unpaired) electrons. The highest BCUT2D eigenvalue weighted by molar-refractivity contribution is 7.89. The fraction of sp³-hybridized carbons (Fsp3) is 0.143. The summed E-state index contributed by atoms with van der Waals surface area (Å²) in [4.78, 5) is 2.48. The van der Waals surface area contributed by atoms with Crippen LogP contribution in [0.2, 0.25) is 5.02 Å². The number of pyridine rings is 1. The third kappa shape index (κ3) is 2.27. The topological polar surface area (TPSA) is 96.8 Å². The zero-order valence-corrected chi connectivity index (χ0v) is 9.06. The van der Waals surface area contributed by atoms with E-state index in [1.54, 1.807) is 0 Å². The summed E-state index contributed by atoms with van der Waals surface area (Å²) in [6.45, 7) is 0. The van der Waals surface area contributed by atoms with E-state index in [2.05, 4.69) is 4.98 Å². The van der Waals surface area contributed by atoms with Crippen molar-refractivity contribution in [3.63, 3.8) is 0 Å². The van der Waals surface area contributed by atoms with Gasteiger partial charge in [-0.1, -0.05) is 11.6 Å². The van der Waals surface area contributed by atoms with Crippen molar-refractivity contribution in [3.8, 4) is 6.07 Å². The molecule has 0 aliphatic heterocycles. The Bertz CT molecular complexity index is 568. The number of rotatable bonds is 2. The number of nitrogens with zero attached hydrogens (tertiary/aromatic N) is 2. The number of hydrogen-bond donors (Lipinski definition) is 1. The van der Waals surface area contributed by atoms with Gasteiger partial charge in [-0.05, 0) is 0 Å². The normalized spacial score (nSPS) is 11.5. The molecular formula is C7H4ClF2N3O2S. The molecule has 1 rings (SSSR count). The number of sulfonamides is 1. The SMILES string of the molecule is N#Cc1c(S(N)(=O)=O)cnc(C(F)F)c1Cl. The number of aromatic nitrogens is 1. The van der Waals surface area contributed by atoms with Gasteiger partial charge >= 0.3 is 0 Å². The summed E-state index contributed by atoms with van der Waals surface area (Å²) in [6, 6.07) is 1.40. The van der Waals surface area contributed by atoms with Crippen LogP contribution in [0.15, 0.2) is 11.1 Å². The fourth-order valence-electron chi connectivity index (χ4n) is 0.958. The summed E-state index contributed by atoms with van der Waals surface area (Å²) in [5.41, 5.74) is -1.49. The number of primary sulfonamides is 1. The second kappa shape index (κ2) is 4.29. The van der Waals surface area contributed by atoms with Gasteiger partial charge in [0.1, 0.15) is 16.7 Å². The van der Waals surface area contributed by atoms with Crippen LogP contribution in [0, 0.1) is 11.3 Å². The van der Waals surface area contributed by atoms with Gasteiger partial charge in [-0.25, -0.2) is 22.3 Å². The van der Waals surface area contributed by atoms with Gasteiger partial charge in [-0.3, -0.25) is 4.98 Å². The smallest absolute Gasteiger partial charge is 0.252 e. The van der Waals surface area contributed by atoms with Gasteiger partial charge < -0.3 is 0 Å². The van der Waals surface area contributed by atoms with Crippen LogP contribution in [0.1, 0.15) is 17.7 Å². The highest BCUT2D eigenvalue weighted by atomic mass is 35.5. The first-order chi connectivity index (χ1) is 7.29. The second-order valence-corrected chi connectivity index (χ2v) is 4.56. The maximum absolute atomic E-state index is 12.3. The van der Waals surface area contributed by atoms with Gasteiger partial charge in [0.15, 0.2) is 0 Å². The molecule has 0 unspecified atom stereocenters. The Balaban J connectivity index is 3.62. The van der Waals surface area contributed by atoms with Crippen molar-refractivity contribution in [3.05, 3.63) is 22.5 Å². The van der Waals surface area contributed by atoms with Crippen LogP contribution in [0.5, 0.6) is 0 Å². The summed E-state index contributed by atoms with van der Waals surface area (Å²) in [7, 11) is -4.22. The minimum Gasteiger partial charge on any atom is -0.252 e. The molecule has 5 nitrogen and oxygen atoms in total. The van der Waals surface area contributed by atoms with Gasteiger partial charge in [-0.2, -0.15) is 5.26 Å². The molecule has 0 saturated heterocycles. The highest BCUT2D eigenvalue weighted by Gasteiger charge is 2.24. The number of hydrogen-bond acceptors (Lipinski definition) is 4. The average Bonchev–Trinajstić information content (AvgIpc) is 2.15. The third-order valence-corrected chi connectivity index (χ3v) is 2.94. The van der Waals surface area contributed by atoms with E-state index in [9.17, 15) is 17.2 Å². The van der Waals surface area contributed by atoms with Crippen LogP contribution in [0.3, 0.4) is 0 Å². The number of nitrogens with two attached hydrogens (primary N) is 1. The molecule has 0 aliphatic carbocycles. The average molecular weight is 268 g/mol. The van der Waals surface area contributed by atoms with Gasteiger partial charge in [0, 0.05) is 6.20 Å². The number of alkyl halides is 2. The molecule has 1 aromatic heterocycles. The molecule has 16 heavy (non-hydrogen) atoms. The lowest BCUT2D eigenvalue weighted by atomic mass is 10.2. The number of halogens is 3. The summed E-state index contributed by atoms with van der Waals surface area (Å²) in [5.74, 6) is 0. The van der Waals surface area contributed by atoms with Gasteiger partial charge in [0.25, 0.3) is 6.43 Å². The van der Waals surface area contributed by atoms with E-state index >= 15 is 0 Å². The van der Waals surface area contributed by atoms with Crippen molar-refractivity contribution < 1.29 is 17.2 Å². The lowest BCUT2D eigenvalue weighted by molar-refractivity contribution is 0.146. The predicted octanol–water partition coefficient (Wildman–Crippen LogP) is 1.19. The first-order valence-electron chi connectivity index (χ1n) is 3.68. The molecule has 1 aromatic rings. The minimum absolute atomic E-state index is 0.585. The third-order valence-electron chi connectivity index (χ3n) is 1.64. The minimum atomic E-state index is -4.22. The standard InChI is InChI=1S/C7H4ClF2N3O2S/c8-5-3(1-11)4(16(12,14)15)2-13-6(5)7(9)10/h2,7H,(H2,12,14,15). The maximum atomic E-state index is 12.3. The van der Waals surface area contributed by atoms with Crippen molar-refractivity contribution in [2.45, 2.75) is 11.3 Å². The lowest BCUT2D eigenvalue weighted by Gasteiger charge is -2.06. The lowest BCUT2D eigenvalue weighted by Crippen LogP contribution is -2.15. The van der Waals surface area contributed by atoms with Crippen LogP contribution in [0.25, 0.3) is 0 Å². The van der Waals surface area contributed by atoms with E-state index in [-0.39, 0.29) is 0 Å². The molecule has 1 heterocycles. The Hall–Kier alpha value is -1.30. The molecule has 0 saturated carbocycles. The Morgan fingerprint density at radius 2 is 2.12 bits per heavy atom. The van der Waals surface area contributed by atoms with E-state index < -0.39 is 37.6 Å². The zero-order chi connectivity index (χ0) is 12.5. The van der Waals surface area contributed by atoms with Gasteiger partial charge in [-0.15, -0.1) is 0 Å². The van der Waals surface area contributed by atoms with Crippen molar-refractivity contribution in [2.24, 2.45) is 5.14 Å². The summed E-state index contributed by atoms with van der Waals surface area (Å²) in [6.07, 6.45) is -2.42. The Morgan fingerprint density at radius 1 is 1.56 bits per heavy atom. The maximum Gasteiger partial charge on any atom is 0.281 e. The van der Waals surface area contributed by atoms with Crippen molar-refractivity contribution in [1.82, 2.24) is 4.98 Å². The quantitative estimate of drug-likeness (QED) is 0.870. The molecule has 0 fully saturated rings. The van der Waals surface area contributed by atoms with Crippen LogP contribution in [-0.4, -0.2) is 13.4 Å². The van der Waals surface area contributed by atoms with Crippen LogP contribution in [-0.2, 0) is 10.0 Å². The van der Waals surface area contributed by atoms with E-state index in [0.717, 1.165) is 0 Å². The van der Waals surface area contributed by atoms with Gasteiger partial charge in [0.2, 0.25) is 10.0 Å². The monoisotopic (exact) mass is 267 g/mol. The first-order valence-corrected chi connectivity index (χ1v) is 5.61. The van der Waals surface area contributed by atoms with E-state index in [1.165, 1.54) is 6.07 Å². The molecular weight excluding hydrogens is 264 g/mol. The largest absolute Gasteiger partial charge is 0.281 e. The summed E-state index contributed by atoms with van der Waals surface area (Å²) < 4.78 is 46.6. The Kier molecular flexibility index (Phi) is 3.42. The zero-order valence-electron chi connectivity index (χ0n) is 7.49. The molecule has 0 spiro atoms. The predicted molar refractivity (Wildman–Crippen MR) is 50.3 cm³/mol. The molecule has 0 aromatic carbocycles. The Labute approximate surface area is 94.5 Å². The van der Waals surface area contributed by atoms with E-state index in [1.807, 2.05) is 0 Å².